The summed E-state index contributed by atoms with van der Waals surface area (Å²) in [4.78, 5) is 11.9. The minimum absolute atomic E-state index is 0.0278. The number of urea groups is 1. The second-order valence-corrected chi connectivity index (χ2v) is 4.48. The van der Waals surface area contributed by atoms with E-state index >= 15 is 0 Å². The highest BCUT2D eigenvalue weighted by atomic mass is 16.5. The number of carbonyl (C=O) groups excluding carboxylic acids is 1. The Kier molecular flexibility index (Phi) is 4.36. The smallest absolute Gasteiger partial charge is 0.319 e. The van der Waals surface area contributed by atoms with Crippen molar-refractivity contribution in [3.63, 3.8) is 0 Å². The van der Waals surface area contributed by atoms with Gasteiger partial charge in [-0.3, -0.25) is 0 Å². The van der Waals surface area contributed by atoms with Crippen molar-refractivity contribution in [2.75, 3.05) is 19.0 Å². The summed E-state index contributed by atoms with van der Waals surface area (Å²) in [7, 11) is 1.61. The molecule has 0 unspecified atom stereocenters. The Balaban J connectivity index is 2.11. The quantitative estimate of drug-likeness (QED) is 0.885. The molecule has 2 rings (SSSR count). The fourth-order valence-electron chi connectivity index (χ4n) is 2.01. The molecule has 0 radical (unpaired) electrons. The lowest BCUT2D eigenvalue weighted by molar-refractivity contribution is 0.173. The van der Waals surface area contributed by atoms with Crippen molar-refractivity contribution in [2.45, 2.75) is 13.0 Å². The fourth-order valence-corrected chi connectivity index (χ4v) is 2.01. The molecule has 19 heavy (non-hydrogen) atoms. The standard InChI is InChI=1S/C15H18N2O2/c1-11(10-19-2)16-15(18)17-14-9-5-7-12-6-3-4-8-13(12)14/h3-9,11H,10H2,1-2H3,(H2,16,17,18)/t11-/m0/s1. The molecule has 0 fully saturated rings. The summed E-state index contributed by atoms with van der Waals surface area (Å²) >= 11 is 0. The van der Waals surface area contributed by atoms with Gasteiger partial charge in [0.25, 0.3) is 0 Å². The number of amides is 2. The van der Waals surface area contributed by atoms with Crippen LogP contribution in [0.4, 0.5) is 10.5 Å². The van der Waals surface area contributed by atoms with Crippen LogP contribution in [0.1, 0.15) is 6.92 Å². The first-order valence-electron chi connectivity index (χ1n) is 6.25. The van der Waals surface area contributed by atoms with Gasteiger partial charge in [0.2, 0.25) is 0 Å². The first-order valence-corrected chi connectivity index (χ1v) is 6.25. The van der Waals surface area contributed by atoms with E-state index in [-0.39, 0.29) is 12.1 Å². The van der Waals surface area contributed by atoms with Crippen molar-refractivity contribution in [3.8, 4) is 0 Å². The maximum absolute atomic E-state index is 11.9. The first-order chi connectivity index (χ1) is 9.20. The summed E-state index contributed by atoms with van der Waals surface area (Å²) in [5.74, 6) is 0. The van der Waals surface area contributed by atoms with Gasteiger partial charge >= 0.3 is 6.03 Å². The van der Waals surface area contributed by atoms with Crippen molar-refractivity contribution in [1.82, 2.24) is 5.32 Å². The second-order valence-electron chi connectivity index (χ2n) is 4.48. The maximum atomic E-state index is 11.9. The highest BCUT2D eigenvalue weighted by Crippen LogP contribution is 2.22. The van der Waals surface area contributed by atoms with Gasteiger partial charge in [0.05, 0.1) is 18.3 Å². The molecule has 0 bridgehead atoms. The molecule has 2 aromatic rings. The first kappa shape index (κ1) is 13.4. The molecule has 0 aliphatic heterocycles. The van der Waals surface area contributed by atoms with Crippen LogP contribution in [0.3, 0.4) is 0 Å². The number of carbonyl (C=O) groups is 1. The average Bonchev–Trinajstić information content (AvgIpc) is 2.39. The molecule has 100 valence electrons. The SMILES string of the molecule is COC[C@H](C)NC(=O)Nc1cccc2ccccc12. The van der Waals surface area contributed by atoms with Gasteiger partial charge in [-0.2, -0.15) is 0 Å². The molecule has 4 heteroatoms. The molecule has 1 atom stereocenters. The van der Waals surface area contributed by atoms with Crippen LogP contribution in [0.2, 0.25) is 0 Å². The van der Waals surface area contributed by atoms with E-state index in [2.05, 4.69) is 10.6 Å². The zero-order valence-electron chi connectivity index (χ0n) is 11.1. The molecule has 0 aliphatic rings. The molecule has 0 heterocycles. The number of anilines is 1. The van der Waals surface area contributed by atoms with E-state index in [1.54, 1.807) is 7.11 Å². The van der Waals surface area contributed by atoms with Crippen molar-refractivity contribution < 1.29 is 9.53 Å². The summed E-state index contributed by atoms with van der Waals surface area (Å²) in [5.41, 5.74) is 0.806. The van der Waals surface area contributed by atoms with E-state index < -0.39 is 0 Å². The molecule has 0 aromatic heterocycles. The zero-order chi connectivity index (χ0) is 13.7. The van der Waals surface area contributed by atoms with Crippen LogP contribution < -0.4 is 10.6 Å². The number of nitrogens with one attached hydrogen (secondary N) is 2. The normalized spacial score (nSPS) is 12.1. The van der Waals surface area contributed by atoms with Gasteiger partial charge in [-0.25, -0.2) is 4.79 Å². The monoisotopic (exact) mass is 258 g/mol. The molecule has 0 saturated carbocycles. The topological polar surface area (TPSA) is 50.4 Å². The number of rotatable bonds is 4. The van der Waals surface area contributed by atoms with Gasteiger partial charge in [-0.1, -0.05) is 36.4 Å². The molecule has 2 aromatic carbocycles. The Morgan fingerprint density at radius 3 is 2.74 bits per heavy atom. The summed E-state index contributed by atoms with van der Waals surface area (Å²) in [6.07, 6.45) is 0. The number of fused-ring (bicyclic) bond motifs is 1. The van der Waals surface area contributed by atoms with Crippen LogP contribution in [0.5, 0.6) is 0 Å². The third-order valence-corrected chi connectivity index (χ3v) is 2.83. The highest BCUT2D eigenvalue weighted by molar-refractivity contribution is 6.01. The molecule has 0 saturated heterocycles. The molecule has 0 spiro atoms. The average molecular weight is 258 g/mol. The largest absolute Gasteiger partial charge is 0.383 e. The van der Waals surface area contributed by atoms with E-state index in [1.807, 2.05) is 49.4 Å². The minimum atomic E-state index is -0.221. The van der Waals surface area contributed by atoms with Crippen molar-refractivity contribution >= 4 is 22.5 Å². The second kappa shape index (κ2) is 6.20. The van der Waals surface area contributed by atoms with Crippen LogP contribution in [-0.2, 0) is 4.74 Å². The van der Waals surface area contributed by atoms with Crippen molar-refractivity contribution in [1.29, 1.82) is 0 Å². The fraction of sp³-hybridized carbons (Fsp3) is 0.267. The number of ether oxygens (including phenoxy) is 1. The van der Waals surface area contributed by atoms with Gasteiger partial charge in [0.15, 0.2) is 0 Å². The van der Waals surface area contributed by atoms with E-state index in [0.717, 1.165) is 16.5 Å². The molecule has 2 amide bonds. The van der Waals surface area contributed by atoms with Crippen LogP contribution >= 0.6 is 0 Å². The number of methoxy groups -OCH3 is 1. The van der Waals surface area contributed by atoms with E-state index in [4.69, 9.17) is 4.74 Å². The number of hydrogen-bond acceptors (Lipinski definition) is 2. The molecule has 0 aliphatic carbocycles. The lowest BCUT2D eigenvalue weighted by atomic mass is 10.1. The molecular weight excluding hydrogens is 240 g/mol. The van der Waals surface area contributed by atoms with Gasteiger partial charge < -0.3 is 15.4 Å². The Labute approximate surface area is 112 Å². The lowest BCUT2D eigenvalue weighted by Crippen LogP contribution is -2.38. The Morgan fingerprint density at radius 1 is 1.21 bits per heavy atom. The molecule has 2 N–H and O–H groups in total. The molecule has 4 nitrogen and oxygen atoms in total. The van der Waals surface area contributed by atoms with Crippen LogP contribution in [0.15, 0.2) is 42.5 Å². The van der Waals surface area contributed by atoms with Gasteiger partial charge in [0, 0.05) is 12.5 Å². The lowest BCUT2D eigenvalue weighted by Gasteiger charge is -2.14. The Hall–Kier alpha value is -2.07. The number of benzene rings is 2. The molecular formula is C15H18N2O2. The Bertz CT molecular complexity index is 564. The highest BCUT2D eigenvalue weighted by Gasteiger charge is 2.08. The predicted molar refractivity (Wildman–Crippen MR) is 77.4 cm³/mol. The summed E-state index contributed by atoms with van der Waals surface area (Å²) < 4.78 is 4.98. The third-order valence-electron chi connectivity index (χ3n) is 2.83. The predicted octanol–water partition coefficient (Wildman–Crippen LogP) is 3.00. The van der Waals surface area contributed by atoms with Gasteiger partial charge in [0.1, 0.15) is 0 Å². The Morgan fingerprint density at radius 2 is 1.95 bits per heavy atom. The van der Waals surface area contributed by atoms with Crippen LogP contribution in [0.25, 0.3) is 10.8 Å². The van der Waals surface area contributed by atoms with E-state index in [1.165, 1.54) is 0 Å². The number of hydrogen-bond donors (Lipinski definition) is 2. The van der Waals surface area contributed by atoms with Crippen LogP contribution in [0, 0.1) is 0 Å². The summed E-state index contributed by atoms with van der Waals surface area (Å²) in [6, 6.07) is 13.5. The summed E-state index contributed by atoms with van der Waals surface area (Å²) in [5, 5.41) is 7.82. The van der Waals surface area contributed by atoms with Crippen LogP contribution in [-0.4, -0.2) is 25.8 Å². The van der Waals surface area contributed by atoms with Gasteiger partial charge in [-0.15, -0.1) is 0 Å². The van der Waals surface area contributed by atoms with Crippen molar-refractivity contribution in [2.24, 2.45) is 0 Å². The van der Waals surface area contributed by atoms with E-state index in [0.29, 0.717) is 6.61 Å². The third kappa shape index (κ3) is 3.45. The minimum Gasteiger partial charge on any atom is -0.383 e. The zero-order valence-corrected chi connectivity index (χ0v) is 11.1. The van der Waals surface area contributed by atoms with Gasteiger partial charge in [-0.05, 0) is 18.4 Å². The van der Waals surface area contributed by atoms with E-state index in [9.17, 15) is 4.79 Å². The maximum Gasteiger partial charge on any atom is 0.319 e. The van der Waals surface area contributed by atoms with Crippen molar-refractivity contribution in [3.05, 3.63) is 42.5 Å². The summed E-state index contributed by atoms with van der Waals surface area (Å²) in [6.45, 7) is 2.38.